The minimum atomic E-state index is -0.478. The van der Waals surface area contributed by atoms with E-state index in [2.05, 4.69) is 5.10 Å². The number of aliphatic hydroxyl groups excluding tert-OH is 1. The van der Waals surface area contributed by atoms with Gasteiger partial charge >= 0.3 is 0 Å². The van der Waals surface area contributed by atoms with Crippen molar-refractivity contribution in [1.82, 2.24) is 14.7 Å². The third kappa shape index (κ3) is 5.37. The van der Waals surface area contributed by atoms with Gasteiger partial charge in [-0.2, -0.15) is 5.10 Å². The molecule has 6 heteroatoms. The third-order valence-electron chi connectivity index (χ3n) is 6.55. The maximum atomic E-state index is 12.8. The van der Waals surface area contributed by atoms with Crippen LogP contribution in [0.3, 0.4) is 0 Å². The van der Waals surface area contributed by atoms with Gasteiger partial charge in [-0.25, -0.2) is 0 Å². The Morgan fingerprint density at radius 3 is 2.48 bits per heavy atom. The van der Waals surface area contributed by atoms with E-state index in [0.29, 0.717) is 19.6 Å². The van der Waals surface area contributed by atoms with E-state index in [1.807, 2.05) is 84.1 Å². The van der Waals surface area contributed by atoms with E-state index >= 15 is 0 Å². The van der Waals surface area contributed by atoms with Gasteiger partial charge < -0.3 is 10.0 Å². The molecule has 0 radical (unpaired) electrons. The molecule has 2 heterocycles. The Bertz CT molecular complexity index is 1130. The highest BCUT2D eigenvalue weighted by atomic mass is 35.5. The van der Waals surface area contributed by atoms with Crippen LogP contribution in [0.25, 0.3) is 6.08 Å². The summed E-state index contributed by atoms with van der Waals surface area (Å²) in [4.78, 5) is 14.7. The fraction of sp³-hybridized carbons (Fsp3) is 0.333. The molecule has 1 atom stereocenters. The van der Waals surface area contributed by atoms with Gasteiger partial charge in [-0.3, -0.25) is 9.48 Å². The first-order valence-corrected chi connectivity index (χ1v) is 11.8. The van der Waals surface area contributed by atoms with Gasteiger partial charge in [-0.1, -0.05) is 60.1 Å². The van der Waals surface area contributed by atoms with Gasteiger partial charge in [-0.05, 0) is 55.9 Å². The van der Waals surface area contributed by atoms with E-state index < -0.39 is 6.10 Å². The molecule has 0 unspecified atom stereocenters. The largest absolute Gasteiger partial charge is 0.388 e. The fourth-order valence-corrected chi connectivity index (χ4v) is 4.71. The number of hydrogen-bond donors (Lipinski definition) is 1. The van der Waals surface area contributed by atoms with E-state index in [4.69, 9.17) is 11.6 Å². The summed E-state index contributed by atoms with van der Waals surface area (Å²) in [5.41, 5.74) is 4.80. The van der Waals surface area contributed by atoms with Crippen LogP contribution in [0, 0.1) is 19.8 Å². The van der Waals surface area contributed by atoms with Crippen molar-refractivity contribution < 1.29 is 9.90 Å². The Morgan fingerprint density at radius 1 is 1.12 bits per heavy atom. The quantitative estimate of drug-likeness (QED) is 0.512. The molecule has 2 aromatic carbocycles. The first kappa shape index (κ1) is 23.3. The van der Waals surface area contributed by atoms with Gasteiger partial charge in [0.15, 0.2) is 0 Å². The van der Waals surface area contributed by atoms with Crippen LogP contribution >= 0.6 is 11.6 Å². The summed E-state index contributed by atoms with van der Waals surface area (Å²) < 4.78 is 1.93. The van der Waals surface area contributed by atoms with Gasteiger partial charge in [0.05, 0.1) is 18.3 Å². The number of aliphatic hydroxyl groups is 1. The van der Waals surface area contributed by atoms with Crippen molar-refractivity contribution in [1.29, 1.82) is 0 Å². The van der Waals surface area contributed by atoms with Crippen molar-refractivity contribution >= 4 is 23.6 Å². The lowest BCUT2D eigenvalue weighted by atomic mass is 9.87. The Morgan fingerprint density at radius 2 is 1.79 bits per heavy atom. The molecule has 1 aliphatic heterocycles. The second kappa shape index (κ2) is 10.4. The number of likely N-dealkylation sites (tertiary alicyclic amines) is 1. The number of rotatable bonds is 6. The van der Waals surface area contributed by atoms with Crippen LogP contribution in [0.15, 0.2) is 60.7 Å². The van der Waals surface area contributed by atoms with Crippen LogP contribution < -0.4 is 0 Å². The molecule has 1 fully saturated rings. The zero-order chi connectivity index (χ0) is 23.4. The zero-order valence-electron chi connectivity index (χ0n) is 19.1. The molecule has 5 nitrogen and oxygen atoms in total. The number of hydrogen-bond acceptors (Lipinski definition) is 3. The first-order valence-electron chi connectivity index (χ1n) is 11.4. The molecule has 0 bridgehead atoms. The molecule has 0 spiro atoms. The van der Waals surface area contributed by atoms with Crippen molar-refractivity contribution in [3.05, 3.63) is 93.8 Å². The fourth-order valence-electron chi connectivity index (χ4n) is 4.51. The third-order valence-corrected chi connectivity index (χ3v) is 6.92. The van der Waals surface area contributed by atoms with Gasteiger partial charge in [0.25, 0.3) is 0 Å². The van der Waals surface area contributed by atoms with E-state index in [0.717, 1.165) is 45.9 Å². The number of carbonyl (C=O) groups is 1. The highest BCUT2D eigenvalue weighted by molar-refractivity contribution is 6.31. The summed E-state index contributed by atoms with van der Waals surface area (Å²) in [6.45, 7) is 5.86. The van der Waals surface area contributed by atoms with Crippen LogP contribution in [0.2, 0.25) is 5.02 Å². The van der Waals surface area contributed by atoms with E-state index in [-0.39, 0.29) is 11.8 Å². The van der Waals surface area contributed by atoms with Gasteiger partial charge in [0.1, 0.15) is 0 Å². The Balaban J connectivity index is 1.37. The number of benzene rings is 2. The minimum absolute atomic E-state index is 0.000282. The number of aromatic nitrogens is 2. The second-order valence-electron chi connectivity index (χ2n) is 8.69. The Hall–Kier alpha value is -2.89. The Labute approximate surface area is 200 Å². The maximum Gasteiger partial charge on any atom is 0.246 e. The molecule has 3 aromatic rings. The van der Waals surface area contributed by atoms with E-state index in [9.17, 15) is 9.90 Å². The average Bonchev–Trinajstić information content (AvgIpc) is 3.11. The van der Waals surface area contributed by atoms with Crippen LogP contribution in [-0.2, 0) is 11.3 Å². The van der Waals surface area contributed by atoms with Crippen LogP contribution in [0.5, 0.6) is 0 Å². The molecule has 1 aromatic heterocycles. The molecule has 0 saturated carbocycles. The monoisotopic (exact) mass is 463 g/mol. The molecule has 172 valence electrons. The molecule has 1 N–H and O–H groups in total. The van der Waals surface area contributed by atoms with Gasteiger partial charge in [0, 0.05) is 35.4 Å². The molecule has 4 rings (SSSR count). The zero-order valence-corrected chi connectivity index (χ0v) is 19.9. The lowest BCUT2D eigenvalue weighted by molar-refractivity contribution is -0.127. The van der Waals surface area contributed by atoms with Crippen LogP contribution in [0.4, 0.5) is 0 Å². The van der Waals surface area contributed by atoms with Crippen molar-refractivity contribution in [2.75, 3.05) is 13.1 Å². The number of amides is 1. The molecular formula is C27H30ClN3O2. The predicted molar refractivity (Wildman–Crippen MR) is 132 cm³/mol. The normalized spacial score (nSPS) is 15.8. The number of carbonyl (C=O) groups excluding carboxylic acids is 1. The molecule has 1 saturated heterocycles. The van der Waals surface area contributed by atoms with Crippen molar-refractivity contribution in [2.24, 2.45) is 5.92 Å². The highest BCUT2D eigenvalue weighted by Crippen LogP contribution is 2.30. The smallest absolute Gasteiger partial charge is 0.246 e. The number of piperidine rings is 1. The number of nitrogens with zero attached hydrogens (tertiary/aromatic N) is 3. The van der Waals surface area contributed by atoms with E-state index in [1.165, 1.54) is 0 Å². The SMILES string of the molecule is Cc1nn(Cc2ccccc2Cl)c(C)c1/C=C/C(=O)N1CCC([C@H](O)c2ccccc2)CC1. The topological polar surface area (TPSA) is 58.4 Å². The summed E-state index contributed by atoms with van der Waals surface area (Å²) >= 11 is 6.31. The van der Waals surface area contributed by atoms with Gasteiger partial charge in [0.2, 0.25) is 5.91 Å². The standard InChI is InChI=1S/C27H30ClN3O2/c1-19-24(20(2)31(29-19)18-23-10-6-7-11-25(23)28)12-13-26(32)30-16-14-22(15-17-30)27(33)21-8-4-3-5-9-21/h3-13,22,27,33H,14-18H2,1-2H3/b13-12+/t27-/m1/s1. The maximum absolute atomic E-state index is 12.8. The van der Waals surface area contributed by atoms with Crippen molar-refractivity contribution in [2.45, 2.75) is 39.3 Å². The highest BCUT2D eigenvalue weighted by Gasteiger charge is 2.27. The van der Waals surface area contributed by atoms with Crippen LogP contribution in [0.1, 0.15) is 47.0 Å². The molecule has 1 amide bonds. The molecular weight excluding hydrogens is 434 g/mol. The van der Waals surface area contributed by atoms with E-state index in [1.54, 1.807) is 6.08 Å². The summed E-state index contributed by atoms with van der Waals surface area (Å²) in [6, 6.07) is 17.5. The Kier molecular flexibility index (Phi) is 7.31. The minimum Gasteiger partial charge on any atom is -0.388 e. The second-order valence-corrected chi connectivity index (χ2v) is 9.09. The average molecular weight is 464 g/mol. The number of aryl methyl sites for hydroxylation is 1. The van der Waals surface area contributed by atoms with Gasteiger partial charge in [-0.15, -0.1) is 0 Å². The van der Waals surface area contributed by atoms with Crippen molar-refractivity contribution in [3.63, 3.8) is 0 Å². The van der Waals surface area contributed by atoms with Crippen LogP contribution in [-0.4, -0.2) is 38.8 Å². The summed E-state index contributed by atoms with van der Waals surface area (Å²) in [5.74, 6) is 0.174. The predicted octanol–water partition coefficient (Wildman–Crippen LogP) is 5.19. The lowest BCUT2D eigenvalue weighted by Crippen LogP contribution is -2.38. The van der Waals surface area contributed by atoms with Crippen molar-refractivity contribution in [3.8, 4) is 0 Å². The summed E-state index contributed by atoms with van der Waals surface area (Å²) in [5, 5.41) is 16.0. The molecule has 1 aliphatic rings. The number of halogens is 1. The molecule has 0 aliphatic carbocycles. The summed E-state index contributed by atoms with van der Waals surface area (Å²) in [6.07, 6.45) is 4.62. The summed E-state index contributed by atoms with van der Waals surface area (Å²) in [7, 11) is 0. The lowest BCUT2D eigenvalue weighted by Gasteiger charge is -2.33. The molecule has 33 heavy (non-hydrogen) atoms. The first-order chi connectivity index (χ1) is 15.9.